The van der Waals surface area contributed by atoms with Crippen LogP contribution in [0.25, 0.3) is 27.5 Å². The van der Waals surface area contributed by atoms with Crippen LogP contribution in [0.3, 0.4) is 0 Å². The van der Waals surface area contributed by atoms with Crippen molar-refractivity contribution in [3.05, 3.63) is 70.9 Å². The molecular formula is C22H19NO4. The minimum Gasteiger partial charge on any atom is -0.497 e. The first-order chi connectivity index (χ1) is 13.2. The summed E-state index contributed by atoms with van der Waals surface area (Å²) in [6, 6.07) is 18.9. The summed E-state index contributed by atoms with van der Waals surface area (Å²) in [6.07, 6.45) is 0. The van der Waals surface area contributed by atoms with E-state index < -0.39 is 0 Å². The Morgan fingerprint density at radius 3 is 1.78 bits per heavy atom. The normalized spacial score (nSPS) is 10.9. The van der Waals surface area contributed by atoms with Crippen molar-refractivity contribution in [1.82, 2.24) is 4.57 Å². The number of methoxy groups -OCH3 is 3. The highest BCUT2D eigenvalue weighted by molar-refractivity contribution is 6.00. The van der Waals surface area contributed by atoms with Gasteiger partial charge in [0.2, 0.25) is 5.43 Å². The Labute approximate surface area is 156 Å². The topological polar surface area (TPSA) is 49.7 Å². The minimum absolute atomic E-state index is 0.117. The van der Waals surface area contributed by atoms with Crippen LogP contribution in [-0.2, 0) is 0 Å². The second-order valence-electron chi connectivity index (χ2n) is 6.07. The predicted octanol–water partition coefficient (Wildman–Crippen LogP) is 4.17. The highest BCUT2D eigenvalue weighted by Gasteiger charge is 2.18. The molecule has 4 rings (SSSR count). The van der Waals surface area contributed by atoms with Crippen molar-refractivity contribution < 1.29 is 14.2 Å². The molecule has 5 heteroatoms. The molecule has 0 bridgehead atoms. The van der Waals surface area contributed by atoms with Gasteiger partial charge in [-0.15, -0.1) is 0 Å². The van der Waals surface area contributed by atoms with Gasteiger partial charge in [-0.1, -0.05) is 18.2 Å². The van der Waals surface area contributed by atoms with E-state index in [1.807, 2.05) is 53.1 Å². The van der Waals surface area contributed by atoms with Crippen LogP contribution in [0.4, 0.5) is 0 Å². The molecule has 136 valence electrons. The molecule has 0 amide bonds. The molecule has 0 saturated heterocycles. The third-order valence-corrected chi connectivity index (χ3v) is 4.70. The van der Waals surface area contributed by atoms with Crippen LogP contribution in [0, 0.1) is 0 Å². The Bertz CT molecular complexity index is 1140. The number of rotatable bonds is 4. The van der Waals surface area contributed by atoms with Crippen molar-refractivity contribution in [1.29, 1.82) is 0 Å². The molecule has 4 aromatic rings. The summed E-state index contributed by atoms with van der Waals surface area (Å²) in [4.78, 5) is 13.4. The van der Waals surface area contributed by atoms with Crippen LogP contribution in [0.1, 0.15) is 0 Å². The van der Waals surface area contributed by atoms with Crippen LogP contribution >= 0.6 is 0 Å². The summed E-state index contributed by atoms with van der Waals surface area (Å²) in [5.74, 6) is 1.79. The number of aromatic nitrogens is 1. The molecule has 0 unspecified atom stereocenters. The van der Waals surface area contributed by atoms with E-state index in [0.717, 1.165) is 22.5 Å². The van der Waals surface area contributed by atoms with Crippen LogP contribution in [0.15, 0.2) is 65.5 Å². The van der Waals surface area contributed by atoms with E-state index in [1.165, 1.54) is 0 Å². The molecule has 0 radical (unpaired) electrons. The maximum absolute atomic E-state index is 13.4. The number of hydrogen-bond donors (Lipinski definition) is 0. The molecule has 0 saturated carbocycles. The van der Waals surface area contributed by atoms with Gasteiger partial charge in [0.05, 0.1) is 43.1 Å². The van der Waals surface area contributed by atoms with Gasteiger partial charge in [0.1, 0.15) is 17.2 Å². The van der Waals surface area contributed by atoms with Crippen LogP contribution < -0.4 is 19.6 Å². The summed E-state index contributed by atoms with van der Waals surface area (Å²) in [5, 5.41) is 1.03. The fourth-order valence-electron chi connectivity index (χ4n) is 3.49. The molecule has 0 aliphatic carbocycles. The van der Waals surface area contributed by atoms with Crippen molar-refractivity contribution in [2.45, 2.75) is 0 Å². The maximum Gasteiger partial charge on any atom is 0.204 e. The number of pyridine rings is 1. The first-order valence-electron chi connectivity index (χ1n) is 8.52. The fraction of sp³-hybridized carbons (Fsp3) is 0.136. The quantitative estimate of drug-likeness (QED) is 0.512. The molecule has 0 spiro atoms. The molecule has 5 nitrogen and oxygen atoms in total. The number of fused-ring (bicyclic) bond motifs is 2. The second kappa shape index (κ2) is 6.68. The van der Waals surface area contributed by atoms with Gasteiger partial charge in [-0.3, -0.25) is 4.79 Å². The maximum atomic E-state index is 13.4. The molecule has 0 aliphatic heterocycles. The van der Waals surface area contributed by atoms with Crippen LogP contribution in [0.5, 0.6) is 17.2 Å². The van der Waals surface area contributed by atoms with Crippen molar-refractivity contribution in [2.24, 2.45) is 0 Å². The van der Waals surface area contributed by atoms with Crippen LogP contribution in [0.2, 0.25) is 0 Å². The monoisotopic (exact) mass is 361 g/mol. The lowest BCUT2D eigenvalue weighted by Gasteiger charge is -2.18. The SMILES string of the molecule is COc1cccc(-n2c3cccc(OC)c3c(=O)c3c(OC)cccc32)c1. The molecule has 1 heterocycles. The van der Waals surface area contributed by atoms with Gasteiger partial charge < -0.3 is 18.8 Å². The van der Waals surface area contributed by atoms with Crippen LogP contribution in [-0.4, -0.2) is 25.9 Å². The van der Waals surface area contributed by atoms with Crippen molar-refractivity contribution in [3.63, 3.8) is 0 Å². The molecule has 0 atom stereocenters. The molecular weight excluding hydrogens is 342 g/mol. The van der Waals surface area contributed by atoms with Gasteiger partial charge >= 0.3 is 0 Å². The second-order valence-corrected chi connectivity index (χ2v) is 6.07. The molecule has 27 heavy (non-hydrogen) atoms. The Balaban J connectivity index is 2.28. The van der Waals surface area contributed by atoms with E-state index in [2.05, 4.69) is 0 Å². The number of hydrogen-bond acceptors (Lipinski definition) is 4. The zero-order chi connectivity index (χ0) is 19.0. The Kier molecular flexibility index (Phi) is 4.20. The summed E-state index contributed by atoms with van der Waals surface area (Å²) in [5.41, 5.74) is 2.28. The average Bonchev–Trinajstić information content (AvgIpc) is 2.73. The van der Waals surface area contributed by atoms with Crippen molar-refractivity contribution in [3.8, 4) is 22.9 Å². The number of nitrogens with zero attached hydrogens (tertiary/aromatic N) is 1. The molecule has 0 aliphatic rings. The number of ether oxygens (including phenoxy) is 3. The summed E-state index contributed by atoms with van der Waals surface area (Å²) < 4.78 is 18.4. The van der Waals surface area contributed by atoms with E-state index in [-0.39, 0.29) is 5.43 Å². The first kappa shape index (κ1) is 17.0. The summed E-state index contributed by atoms with van der Waals surface area (Å²) in [6.45, 7) is 0. The highest BCUT2D eigenvalue weighted by atomic mass is 16.5. The lowest BCUT2D eigenvalue weighted by atomic mass is 10.1. The summed E-state index contributed by atoms with van der Waals surface area (Å²) in [7, 11) is 4.76. The smallest absolute Gasteiger partial charge is 0.204 e. The third-order valence-electron chi connectivity index (χ3n) is 4.70. The zero-order valence-electron chi connectivity index (χ0n) is 15.4. The van der Waals surface area contributed by atoms with Crippen molar-refractivity contribution in [2.75, 3.05) is 21.3 Å². The highest BCUT2D eigenvalue weighted by Crippen LogP contribution is 2.33. The molecule has 0 fully saturated rings. The Morgan fingerprint density at radius 2 is 1.26 bits per heavy atom. The van der Waals surface area contributed by atoms with Gasteiger partial charge in [-0.05, 0) is 36.4 Å². The summed E-state index contributed by atoms with van der Waals surface area (Å²) >= 11 is 0. The largest absolute Gasteiger partial charge is 0.497 e. The van der Waals surface area contributed by atoms with Gasteiger partial charge in [-0.25, -0.2) is 0 Å². The Hall–Kier alpha value is -3.47. The van der Waals surface area contributed by atoms with Crippen molar-refractivity contribution >= 4 is 21.8 Å². The van der Waals surface area contributed by atoms with Gasteiger partial charge in [-0.2, -0.15) is 0 Å². The standard InChI is InChI=1S/C22H19NO4/c1-25-15-8-4-7-14(13-15)23-16-9-5-11-18(26-2)20(16)22(24)21-17(23)10-6-12-19(21)27-3/h4-13H,1-3H3. The Morgan fingerprint density at radius 1 is 0.704 bits per heavy atom. The average molecular weight is 361 g/mol. The zero-order valence-corrected chi connectivity index (χ0v) is 15.4. The predicted molar refractivity (Wildman–Crippen MR) is 107 cm³/mol. The van der Waals surface area contributed by atoms with E-state index in [9.17, 15) is 4.79 Å². The van der Waals surface area contributed by atoms with Gasteiger partial charge in [0, 0.05) is 11.8 Å². The van der Waals surface area contributed by atoms with E-state index >= 15 is 0 Å². The van der Waals surface area contributed by atoms with E-state index in [0.29, 0.717) is 22.3 Å². The molecule has 3 aromatic carbocycles. The lowest BCUT2D eigenvalue weighted by Crippen LogP contribution is -2.12. The third kappa shape index (κ3) is 2.59. The molecule has 0 N–H and O–H groups in total. The lowest BCUT2D eigenvalue weighted by molar-refractivity contribution is 0.414. The minimum atomic E-state index is -0.117. The first-order valence-corrected chi connectivity index (χ1v) is 8.52. The van der Waals surface area contributed by atoms with E-state index in [1.54, 1.807) is 33.5 Å². The van der Waals surface area contributed by atoms with E-state index in [4.69, 9.17) is 14.2 Å². The van der Waals surface area contributed by atoms with Gasteiger partial charge in [0.15, 0.2) is 0 Å². The fourth-order valence-corrected chi connectivity index (χ4v) is 3.49. The molecule has 1 aromatic heterocycles. The van der Waals surface area contributed by atoms with Gasteiger partial charge in [0.25, 0.3) is 0 Å². The number of benzene rings is 3.